The first kappa shape index (κ1) is 26.2. The van der Waals surface area contributed by atoms with Crippen molar-refractivity contribution < 1.29 is 5.11 Å². The number of hydrogen-bond donors (Lipinski definition) is 1. The minimum atomic E-state index is -0.484. The lowest BCUT2D eigenvalue weighted by Crippen LogP contribution is -2.31. The van der Waals surface area contributed by atoms with Crippen LogP contribution in [-0.4, -0.2) is 29.6 Å². The topological polar surface area (TPSA) is 23.5 Å². The summed E-state index contributed by atoms with van der Waals surface area (Å²) < 4.78 is 0. The van der Waals surface area contributed by atoms with Crippen molar-refractivity contribution in [2.75, 3.05) is 19.6 Å². The second-order valence-electron chi connectivity index (χ2n) is 9.03. The molecule has 1 atom stereocenters. The Balaban J connectivity index is 1.94. The van der Waals surface area contributed by atoms with Gasteiger partial charge in [0.1, 0.15) is 0 Å². The van der Waals surface area contributed by atoms with E-state index in [9.17, 15) is 5.11 Å². The van der Waals surface area contributed by atoms with Crippen LogP contribution in [0.2, 0.25) is 5.02 Å². The maximum absolute atomic E-state index is 11.1. The third-order valence-electron chi connectivity index (χ3n) is 6.35. The van der Waals surface area contributed by atoms with E-state index in [1.54, 1.807) is 0 Å². The van der Waals surface area contributed by atoms with Crippen LogP contribution in [-0.2, 0) is 0 Å². The van der Waals surface area contributed by atoms with Crippen molar-refractivity contribution >= 4 is 22.4 Å². The molecule has 0 bridgehead atoms. The number of halogens is 1. The molecule has 0 heterocycles. The Hall–Kier alpha value is -1.09. The van der Waals surface area contributed by atoms with Gasteiger partial charge in [0.2, 0.25) is 0 Å². The fourth-order valence-electron chi connectivity index (χ4n) is 4.44. The second-order valence-corrected chi connectivity index (χ2v) is 9.44. The Morgan fingerprint density at radius 3 is 1.81 bits per heavy atom. The van der Waals surface area contributed by atoms with Gasteiger partial charge in [0.15, 0.2) is 0 Å². The highest BCUT2D eigenvalue weighted by Gasteiger charge is 2.16. The SMILES string of the molecule is CCCCCCCCN(CCCCCCCC)CC(O)c1ccc(Cl)c2ccccc12. The number of benzene rings is 2. The quantitative estimate of drug-likeness (QED) is 0.246. The zero-order chi connectivity index (χ0) is 22.3. The standard InChI is InChI=1S/C28H44ClNO/c1-3-5-7-9-11-15-21-30(22-16-12-10-8-6-4-2)23-28(31)26-19-20-27(29)25-18-14-13-17-24(25)26/h13-14,17-20,28,31H,3-12,15-16,21-23H2,1-2H3. The number of rotatable bonds is 17. The molecule has 2 aromatic rings. The summed E-state index contributed by atoms with van der Waals surface area (Å²) in [6.07, 6.45) is 15.3. The minimum Gasteiger partial charge on any atom is -0.387 e. The van der Waals surface area contributed by atoms with Gasteiger partial charge in [-0.15, -0.1) is 0 Å². The molecule has 174 valence electrons. The van der Waals surface area contributed by atoms with E-state index >= 15 is 0 Å². The first-order valence-electron chi connectivity index (χ1n) is 12.7. The van der Waals surface area contributed by atoms with Crippen LogP contribution in [0, 0.1) is 0 Å². The summed E-state index contributed by atoms with van der Waals surface area (Å²) in [7, 11) is 0. The summed E-state index contributed by atoms with van der Waals surface area (Å²) in [6.45, 7) is 7.41. The molecule has 0 fully saturated rings. The molecule has 0 saturated carbocycles. The predicted molar refractivity (Wildman–Crippen MR) is 137 cm³/mol. The highest BCUT2D eigenvalue weighted by molar-refractivity contribution is 6.35. The molecule has 0 spiro atoms. The fourth-order valence-corrected chi connectivity index (χ4v) is 4.67. The molecule has 0 radical (unpaired) electrons. The average molecular weight is 446 g/mol. The van der Waals surface area contributed by atoms with Gasteiger partial charge in [-0.05, 0) is 42.9 Å². The van der Waals surface area contributed by atoms with Crippen LogP contribution >= 0.6 is 11.6 Å². The highest BCUT2D eigenvalue weighted by Crippen LogP contribution is 2.30. The van der Waals surface area contributed by atoms with Gasteiger partial charge >= 0.3 is 0 Å². The molecule has 3 heteroatoms. The van der Waals surface area contributed by atoms with Crippen molar-refractivity contribution in [3.8, 4) is 0 Å². The van der Waals surface area contributed by atoms with E-state index in [0.29, 0.717) is 6.54 Å². The Bertz CT molecular complexity index is 716. The van der Waals surface area contributed by atoms with E-state index in [2.05, 4.69) is 24.8 Å². The van der Waals surface area contributed by atoms with Crippen molar-refractivity contribution in [2.45, 2.75) is 97.0 Å². The van der Waals surface area contributed by atoms with Crippen LogP contribution < -0.4 is 0 Å². The van der Waals surface area contributed by atoms with Crippen molar-refractivity contribution in [1.29, 1.82) is 0 Å². The largest absolute Gasteiger partial charge is 0.387 e. The van der Waals surface area contributed by atoms with Crippen LogP contribution in [0.4, 0.5) is 0 Å². The first-order valence-corrected chi connectivity index (χ1v) is 13.1. The van der Waals surface area contributed by atoms with Gasteiger partial charge < -0.3 is 10.0 Å². The number of unbranched alkanes of at least 4 members (excludes halogenated alkanes) is 10. The monoisotopic (exact) mass is 445 g/mol. The van der Waals surface area contributed by atoms with E-state index in [4.69, 9.17) is 11.6 Å². The van der Waals surface area contributed by atoms with Gasteiger partial charge in [0.05, 0.1) is 6.10 Å². The molecule has 0 aliphatic carbocycles. The summed E-state index contributed by atoms with van der Waals surface area (Å²) in [5.74, 6) is 0. The highest BCUT2D eigenvalue weighted by atomic mass is 35.5. The zero-order valence-electron chi connectivity index (χ0n) is 19.9. The zero-order valence-corrected chi connectivity index (χ0v) is 20.7. The minimum absolute atomic E-state index is 0.484. The van der Waals surface area contributed by atoms with E-state index in [-0.39, 0.29) is 0 Å². The van der Waals surface area contributed by atoms with E-state index in [1.165, 1.54) is 77.0 Å². The summed E-state index contributed by atoms with van der Waals surface area (Å²) in [5.41, 5.74) is 0.996. The molecular formula is C28H44ClNO. The second kappa shape index (κ2) is 15.7. The molecule has 0 aliphatic heterocycles. The Morgan fingerprint density at radius 2 is 1.23 bits per heavy atom. The molecule has 0 amide bonds. The lowest BCUT2D eigenvalue weighted by atomic mass is 9.99. The summed E-state index contributed by atoms with van der Waals surface area (Å²) in [4.78, 5) is 2.49. The Labute approximate surface area is 196 Å². The van der Waals surface area contributed by atoms with Gasteiger partial charge in [-0.2, -0.15) is 0 Å². The average Bonchev–Trinajstić information content (AvgIpc) is 2.78. The lowest BCUT2D eigenvalue weighted by Gasteiger charge is -2.26. The van der Waals surface area contributed by atoms with Crippen LogP contribution in [0.15, 0.2) is 36.4 Å². The first-order chi connectivity index (χ1) is 15.2. The lowest BCUT2D eigenvalue weighted by molar-refractivity contribution is 0.111. The Kier molecular flexibility index (Phi) is 13.2. The number of fused-ring (bicyclic) bond motifs is 1. The van der Waals surface area contributed by atoms with Crippen molar-refractivity contribution in [3.05, 3.63) is 47.0 Å². The van der Waals surface area contributed by atoms with E-state index in [1.807, 2.05) is 30.3 Å². The molecule has 0 aromatic heterocycles. The third kappa shape index (κ3) is 9.51. The number of aliphatic hydroxyl groups excluding tert-OH is 1. The van der Waals surface area contributed by atoms with Crippen molar-refractivity contribution in [2.24, 2.45) is 0 Å². The number of nitrogens with zero attached hydrogens (tertiary/aromatic N) is 1. The molecule has 2 nitrogen and oxygen atoms in total. The van der Waals surface area contributed by atoms with Gasteiger partial charge in [-0.3, -0.25) is 0 Å². The van der Waals surface area contributed by atoms with Gasteiger partial charge in [0, 0.05) is 17.0 Å². The maximum atomic E-state index is 11.1. The molecule has 1 unspecified atom stereocenters. The maximum Gasteiger partial charge on any atom is 0.0922 e. The van der Waals surface area contributed by atoms with Crippen molar-refractivity contribution in [1.82, 2.24) is 4.90 Å². The predicted octanol–water partition coefficient (Wildman–Crippen LogP) is 8.55. The third-order valence-corrected chi connectivity index (χ3v) is 6.68. The number of hydrogen-bond acceptors (Lipinski definition) is 2. The molecule has 1 N–H and O–H groups in total. The molecule has 2 aromatic carbocycles. The molecule has 0 saturated heterocycles. The van der Waals surface area contributed by atoms with Gasteiger partial charge in [-0.25, -0.2) is 0 Å². The Morgan fingerprint density at radius 1 is 0.710 bits per heavy atom. The molecule has 31 heavy (non-hydrogen) atoms. The van der Waals surface area contributed by atoms with E-state index < -0.39 is 6.10 Å². The normalized spacial score (nSPS) is 12.7. The van der Waals surface area contributed by atoms with Crippen LogP contribution in [0.3, 0.4) is 0 Å². The summed E-state index contributed by atoms with van der Waals surface area (Å²) in [5, 5.41) is 14.0. The van der Waals surface area contributed by atoms with Crippen LogP contribution in [0.5, 0.6) is 0 Å². The summed E-state index contributed by atoms with van der Waals surface area (Å²) in [6, 6.07) is 12.1. The van der Waals surface area contributed by atoms with Crippen molar-refractivity contribution in [3.63, 3.8) is 0 Å². The van der Waals surface area contributed by atoms with Crippen LogP contribution in [0.1, 0.15) is 103 Å². The molecule has 2 rings (SSSR count). The fraction of sp³-hybridized carbons (Fsp3) is 0.643. The van der Waals surface area contributed by atoms with Gasteiger partial charge in [0.25, 0.3) is 0 Å². The molecular weight excluding hydrogens is 402 g/mol. The molecule has 0 aliphatic rings. The smallest absolute Gasteiger partial charge is 0.0922 e. The summed E-state index contributed by atoms with van der Waals surface area (Å²) >= 11 is 6.39. The van der Waals surface area contributed by atoms with Gasteiger partial charge in [-0.1, -0.05) is 120 Å². The number of aliphatic hydroxyl groups is 1. The van der Waals surface area contributed by atoms with Crippen LogP contribution in [0.25, 0.3) is 10.8 Å². The van der Waals surface area contributed by atoms with E-state index in [0.717, 1.165) is 34.4 Å².